The minimum absolute atomic E-state index is 0.0648. The molecule has 0 aliphatic carbocycles. The molecule has 0 N–H and O–H groups in total. The van der Waals surface area contributed by atoms with Gasteiger partial charge in [0.25, 0.3) is 0 Å². The Balaban J connectivity index is 3.13. The molecule has 0 amide bonds. The van der Waals surface area contributed by atoms with Crippen LogP contribution in [0.5, 0.6) is 0 Å². The maximum Gasteiger partial charge on any atom is 0.154 e. The van der Waals surface area contributed by atoms with Crippen LogP contribution in [0.2, 0.25) is 0 Å². The number of ether oxygens (including phenoxy) is 2. The summed E-state index contributed by atoms with van der Waals surface area (Å²) >= 11 is 0. The summed E-state index contributed by atoms with van der Waals surface area (Å²) in [7, 11) is 0. The van der Waals surface area contributed by atoms with Crippen LogP contribution in [0.3, 0.4) is 0 Å². The van der Waals surface area contributed by atoms with Gasteiger partial charge in [-0.1, -0.05) is 19.1 Å². The fraction of sp³-hybridized carbons (Fsp3) is 0.800. The fourth-order valence-electron chi connectivity index (χ4n) is 0.869. The summed E-state index contributed by atoms with van der Waals surface area (Å²) in [4.78, 5) is 0. The Kier molecular flexibility index (Phi) is 8.51. The molecular weight excluding hydrogens is 152 g/mol. The minimum Gasteiger partial charge on any atom is -0.353 e. The average Bonchev–Trinajstić information content (AvgIpc) is 2.05. The normalized spacial score (nSPS) is 13.9. The van der Waals surface area contributed by atoms with Crippen molar-refractivity contribution in [1.29, 1.82) is 0 Å². The molecule has 0 spiro atoms. The predicted molar refractivity (Wildman–Crippen MR) is 51.1 cm³/mol. The van der Waals surface area contributed by atoms with E-state index in [0.717, 1.165) is 19.4 Å². The maximum atomic E-state index is 5.36. The first kappa shape index (κ1) is 11.7. The van der Waals surface area contributed by atoms with E-state index in [4.69, 9.17) is 9.47 Å². The Morgan fingerprint density at radius 1 is 1.17 bits per heavy atom. The lowest BCUT2D eigenvalue weighted by molar-refractivity contribution is -0.125. The number of rotatable bonds is 7. The van der Waals surface area contributed by atoms with Crippen molar-refractivity contribution in [1.82, 2.24) is 0 Å². The van der Waals surface area contributed by atoms with E-state index in [1.54, 1.807) is 0 Å². The van der Waals surface area contributed by atoms with Crippen LogP contribution in [0, 0.1) is 0 Å². The second-order valence-electron chi connectivity index (χ2n) is 2.56. The first-order valence-electron chi connectivity index (χ1n) is 4.69. The zero-order valence-electron chi connectivity index (χ0n) is 8.38. The highest BCUT2D eigenvalue weighted by atomic mass is 16.7. The van der Waals surface area contributed by atoms with Crippen LogP contribution in [0.15, 0.2) is 12.2 Å². The second-order valence-corrected chi connectivity index (χ2v) is 2.56. The van der Waals surface area contributed by atoms with Gasteiger partial charge in [-0.15, -0.1) is 0 Å². The number of allylic oxidation sites excluding steroid dienone is 1. The highest BCUT2D eigenvalue weighted by molar-refractivity contribution is 4.79. The van der Waals surface area contributed by atoms with E-state index in [0.29, 0.717) is 6.61 Å². The lowest BCUT2D eigenvalue weighted by Gasteiger charge is -2.11. The summed E-state index contributed by atoms with van der Waals surface area (Å²) in [5, 5.41) is 0. The molecule has 1 atom stereocenters. The molecule has 0 rings (SSSR count). The molecule has 0 heterocycles. The molecule has 0 saturated carbocycles. The summed E-state index contributed by atoms with van der Waals surface area (Å²) in [5.41, 5.74) is 0. The molecule has 0 aliphatic rings. The summed E-state index contributed by atoms with van der Waals surface area (Å²) in [6.07, 6.45) is 6.30. The molecule has 2 heteroatoms. The zero-order valence-corrected chi connectivity index (χ0v) is 8.38. The van der Waals surface area contributed by atoms with E-state index >= 15 is 0 Å². The molecule has 0 aromatic rings. The van der Waals surface area contributed by atoms with Crippen molar-refractivity contribution in [3.8, 4) is 0 Å². The van der Waals surface area contributed by atoms with Gasteiger partial charge in [0, 0.05) is 6.61 Å². The third-order valence-electron chi connectivity index (χ3n) is 1.44. The van der Waals surface area contributed by atoms with Crippen LogP contribution < -0.4 is 0 Å². The standard InChI is InChI=1S/C10H20O2/c1-4-6-7-8-9-12-10(3)11-5-2/h6-7,10H,4-5,8-9H2,1-3H3/b7-6+/t10-/m0/s1. The summed E-state index contributed by atoms with van der Waals surface area (Å²) in [5.74, 6) is 0. The van der Waals surface area contributed by atoms with E-state index in [2.05, 4.69) is 19.1 Å². The maximum absolute atomic E-state index is 5.36. The van der Waals surface area contributed by atoms with E-state index in [-0.39, 0.29) is 6.29 Å². The Morgan fingerprint density at radius 2 is 1.92 bits per heavy atom. The highest BCUT2D eigenvalue weighted by Crippen LogP contribution is 1.95. The molecule has 0 saturated heterocycles. The molecule has 0 bridgehead atoms. The molecule has 12 heavy (non-hydrogen) atoms. The van der Waals surface area contributed by atoms with E-state index in [9.17, 15) is 0 Å². The van der Waals surface area contributed by atoms with Crippen LogP contribution in [0.4, 0.5) is 0 Å². The molecule has 0 aromatic carbocycles. The van der Waals surface area contributed by atoms with Gasteiger partial charge in [-0.25, -0.2) is 0 Å². The molecule has 0 radical (unpaired) electrons. The van der Waals surface area contributed by atoms with Crippen LogP contribution >= 0.6 is 0 Å². The van der Waals surface area contributed by atoms with Crippen molar-refractivity contribution in [2.24, 2.45) is 0 Å². The quantitative estimate of drug-likeness (QED) is 0.334. The molecule has 0 fully saturated rings. The third kappa shape index (κ3) is 7.76. The highest BCUT2D eigenvalue weighted by Gasteiger charge is 1.97. The molecule has 72 valence electrons. The van der Waals surface area contributed by atoms with Gasteiger partial charge in [0.05, 0.1) is 6.61 Å². The van der Waals surface area contributed by atoms with E-state index in [1.807, 2.05) is 13.8 Å². The third-order valence-corrected chi connectivity index (χ3v) is 1.44. The van der Waals surface area contributed by atoms with Gasteiger partial charge < -0.3 is 9.47 Å². The number of hydrogen-bond acceptors (Lipinski definition) is 2. The lowest BCUT2D eigenvalue weighted by Crippen LogP contribution is -2.12. The van der Waals surface area contributed by atoms with Gasteiger partial charge in [0.2, 0.25) is 0 Å². The zero-order chi connectivity index (χ0) is 9.23. The van der Waals surface area contributed by atoms with Gasteiger partial charge in [0.1, 0.15) is 0 Å². The molecule has 2 nitrogen and oxygen atoms in total. The summed E-state index contributed by atoms with van der Waals surface area (Å²) in [6, 6.07) is 0. The Morgan fingerprint density at radius 3 is 2.50 bits per heavy atom. The molecule has 0 aromatic heterocycles. The molecule has 0 aliphatic heterocycles. The number of hydrogen-bond donors (Lipinski definition) is 0. The van der Waals surface area contributed by atoms with Crippen molar-refractivity contribution >= 4 is 0 Å². The Labute approximate surface area is 75.6 Å². The van der Waals surface area contributed by atoms with E-state index < -0.39 is 0 Å². The lowest BCUT2D eigenvalue weighted by atomic mass is 10.3. The average molecular weight is 172 g/mol. The second kappa shape index (κ2) is 8.75. The first-order valence-corrected chi connectivity index (χ1v) is 4.69. The Bertz CT molecular complexity index is 110. The van der Waals surface area contributed by atoms with Crippen LogP contribution in [0.25, 0.3) is 0 Å². The molecular formula is C10H20O2. The topological polar surface area (TPSA) is 18.5 Å². The van der Waals surface area contributed by atoms with Crippen molar-refractivity contribution in [3.05, 3.63) is 12.2 Å². The summed E-state index contributed by atoms with van der Waals surface area (Å²) in [6.45, 7) is 7.48. The van der Waals surface area contributed by atoms with Crippen molar-refractivity contribution < 1.29 is 9.47 Å². The first-order chi connectivity index (χ1) is 5.81. The van der Waals surface area contributed by atoms with Gasteiger partial charge in [-0.3, -0.25) is 0 Å². The van der Waals surface area contributed by atoms with Crippen LogP contribution in [0.1, 0.15) is 33.6 Å². The van der Waals surface area contributed by atoms with Crippen molar-refractivity contribution in [2.75, 3.05) is 13.2 Å². The van der Waals surface area contributed by atoms with Gasteiger partial charge >= 0.3 is 0 Å². The summed E-state index contributed by atoms with van der Waals surface area (Å²) < 4.78 is 10.6. The largest absolute Gasteiger partial charge is 0.353 e. The van der Waals surface area contributed by atoms with Gasteiger partial charge in [0.15, 0.2) is 6.29 Å². The van der Waals surface area contributed by atoms with Gasteiger partial charge in [-0.05, 0) is 26.7 Å². The van der Waals surface area contributed by atoms with Gasteiger partial charge in [-0.2, -0.15) is 0 Å². The smallest absolute Gasteiger partial charge is 0.154 e. The van der Waals surface area contributed by atoms with Crippen molar-refractivity contribution in [3.63, 3.8) is 0 Å². The monoisotopic (exact) mass is 172 g/mol. The van der Waals surface area contributed by atoms with Crippen molar-refractivity contribution in [2.45, 2.75) is 39.9 Å². The SMILES string of the molecule is CC/C=C/CCO[C@@H](C)OCC. The molecule has 0 unspecified atom stereocenters. The predicted octanol–water partition coefficient (Wildman–Crippen LogP) is 2.74. The Hall–Kier alpha value is -0.340. The van der Waals surface area contributed by atoms with Crippen LogP contribution in [-0.4, -0.2) is 19.5 Å². The fourth-order valence-corrected chi connectivity index (χ4v) is 0.869. The minimum atomic E-state index is -0.0648. The van der Waals surface area contributed by atoms with Crippen LogP contribution in [-0.2, 0) is 9.47 Å². The van der Waals surface area contributed by atoms with E-state index in [1.165, 1.54) is 0 Å².